The Balaban J connectivity index is 1.68. The number of anilines is 1. The first-order valence-corrected chi connectivity index (χ1v) is 11.0. The summed E-state index contributed by atoms with van der Waals surface area (Å²) >= 11 is 14.0. The molecule has 3 aromatic rings. The van der Waals surface area contributed by atoms with Crippen LogP contribution in [-0.2, 0) is 4.74 Å². The van der Waals surface area contributed by atoms with E-state index < -0.39 is 0 Å². The summed E-state index contributed by atoms with van der Waals surface area (Å²) in [4.78, 5) is 22.2. The van der Waals surface area contributed by atoms with Gasteiger partial charge in [-0.25, -0.2) is 4.98 Å². The maximum Gasteiger partial charge on any atom is 0.260 e. The lowest BCUT2D eigenvalue weighted by Gasteiger charge is -2.29. The van der Waals surface area contributed by atoms with Gasteiger partial charge in [0.25, 0.3) is 5.91 Å². The Labute approximate surface area is 183 Å². The maximum absolute atomic E-state index is 13.4. The molecule has 152 valence electrons. The summed E-state index contributed by atoms with van der Waals surface area (Å²) in [5, 5.41) is 1.83. The van der Waals surface area contributed by atoms with Crippen LogP contribution in [0.5, 0.6) is 0 Å². The number of carbonyl (C=O) groups excluding carboxylic acids is 1. The smallest absolute Gasteiger partial charge is 0.260 e. The second-order valence-electron chi connectivity index (χ2n) is 6.96. The molecule has 0 N–H and O–H groups in total. The summed E-state index contributed by atoms with van der Waals surface area (Å²) in [6, 6.07) is 10.8. The molecule has 0 atom stereocenters. The third kappa shape index (κ3) is 4.57. The number of thiazole rings is 1. The molecule has 1 fully saturated rings. The average molecular weight is 450 g/mol. The third-order valence-electron chi connectivity index (χ3n) is 4.98. The molecule has 0 saturated carbocycles. The highest BCUT2D eigenvalue weighted by molar-refractivity contribution is 7.23. The Morgan fingerprint density at radius 3 is 2.76 bits per heavy atom. The second kappa shape index (κ2) is 8.98. The lowest BCUT2D eigenvalue weighted by Crippen LogP contribution is -2.43. The van der Waals surface area contributed by atoms with E-state index in [2.05, 4.69) is 4.90 Å². The Morgan fingerprint density at radius 2 is 2.03 bits per heavy atom. The highest BCUT2D eigenvalue weighted by Crippen LogP contribution is 2.36. The van der Waals surface area contributed by atoms with Gasteiger partial charge in [-0.3, -0.25) is 14.6 Å². The monoisotopic (exact) mass is 449 g/mol. The van der Waals surface area contributed by atoms with Crippen LogP contribution in [0.25, 0.3) is 10.2 Å². The zero-order valence-corrected chi connectivity index (χ0v) is 18.4. The highest BCUT2D eigenvalue weighted by atomic mass is 35.5. The van der Waals surface area contributed by atoms with Crippen LogP contribution in [0.2, 0.25) is 10.0 Å². The number of fused-ring (bicyclic) bond motifs is 1. The Bertz CT molecular complexity index is 995. The van der Waals surface area contributed by atoms with Gasteiger partial charge in [-0.05, 0) is 36.8 Å². The molecule has 5 nitrogen and oxygen atoms in total. The van der Waals surface area contributed by atoms with Crippen LogP contribution in [-0.4, -0.2) is 55.2 Å². The molecule has 4 rings (SSSR count). The zero-order valence-electron chi connectivity index (χ0n) is 16.0. The van der Waals surface area contributed by atoms with E-state index in [4.69, 9.17) is 32.9 Å². The van der Waals surface area contributed by atoms with Gasteiger partial charge in [0.1, 0.15) is 0 Å². The number of benzene rings is 2. The van der Waals surface area contributed by atoms with Crippen molar-refractivity contribution < 1.29 is 9.53 Å². The number of ether oxygens (including phenoxy) is 1. The summed E-state index contributed by atoms with van der Waals surface area (Å²) in [6.07, 6.45) is 0. The van der Waals surface area contributed by atoms with Gasteiger partial charge in [-0.2, -0.15) is 0 Å². The van der Waals surface area contributed by atoms with Gasteiger partial charge < -0.3 is 4.74 Å². The van der Waals surface area contributed by atoms with Gasteiger partial charge in [0.05, 0.1) is 28.5 Å². The zero-order chi connectivity index (χ0) is 20.4. The highest BCUT2D eigenvalue weighted by Gasteiger charge is 2.24. The van der Waals surface area contributed by atoms with Crippen LogP contribution < -0.4 is 4.90 Å². The average Bonchev–Trinajstić information content (AvgIpc) is 3.18. The van der Waals surface area contributed by atoms with E-state index in [1.165, 1.54) is 11.3 Å². The fourth-order valence-electron chi connectivity index (χ4n) is 3.33. The summed E-state index contributed by atoms with van der Waals surface area (Å²) in [6.45, 7) is 6.45. The predicted octanol–water partition coefficient (Wildman–Crippen LogP) is 4.89. The van der Waals surface area contributed by atoms with Gasteiger partial charge in [-0.15, -0.1) is 0 Å². The summed E-state index contributed by atoms with van der Waals surface area (Å²) < 4.78 is 6.33. The number of morpholine rings is 1. The van der Waals surface area contributed by atoms with Crippen LogP contribution in [0.4, 0.5) is 5.13 Å². The molecule has 2 aromatic carbocycles. The molecule has 0 bridgehead atoms. The molecule has 0 unspecified atom stereocenters. The van der Waals surface area contributed by atoms with Gasteiger partial charge in [0, 0.05) is 36.8 Å². The topological polar surface area (TPSA) is 45.7 Å². The van der Waals surface area contributed by atoms with Crippen molar-refractivity contribution in [2.45, 2.75) is 6.92 Å². The van der Waals surface area contributed by atoms with Crippen molar-refractivity contribution in [3.05, 3.63) is 57.6 Å². The number of rotatable bonds is 5. The van der Waals surface area contributed by atoms with Crippen LogP contribution in [0.1, 0.15) is 15.9 Å². The van der Waals surface area contributed by atoms with Gasteiger partial charge >= 0.3 is 0 Å². The van der Waals surface area contributed by atoms with E-state index in [1.807, 2.05) is 19.1 Å². The molecule has 8 heteroatoms. The number of aryl methyl sites for hydroxylation is 1. The molecular formula is C21H21Cl2N3O2S. The lowest BCUT2D eigenvalue weighted by atomic mass is 10.2. The van der Waals surface area contributed by atoms with Crippen molar-refractivity contribution in [3.63, 3.8) is 0 Å². The number of hydrogen-bond acceptors (Lipinski definition) is 5. The SMILES string of the molecule is Cc1ccc(Cl)c2sc(N(CCN3CCOCC3)C(=O)c3cccc(Cl)c3)nc12. The number of halogens is 2. The van der Waals surface area contributed by atoms with Crippen molar-refractivity contribution in [1.29, 1.82) is 0 Å². The van der Waals surface area contributed by atoms with E-state index in [0.717, 1.165) is 48.6 Å². The molecule has 0 aliphatic carbocycles. The molecule has 1 aliphatic rings. The number of nitrogens with zero attached hydrogens (tertiary/aromatic N) is 3. The molecule has 0 spiro atoms. The van der Waals surface area contributed by atoms with Crippen molar-refractivity contribution in [1.82, 2.24) is 9.88 Å². The minimum atomic E-state index is -0.117. The summed E-state index contributed by atoms with van der Waals surface area (Å²) in [5.74, 6) is -0.117. The molecule has 1 saturated heterocycles. The van der Waals surface area contributed by atoms with E-state index in [9.17, 15) is 4.79 Å². The van der Waals surface area contributed by atoms with Gasteiger partial charge in [0.2, 0.25) is 0 Å². The first kappa shape index (κ1) is 20.6. The molecule has 0 radical (unpaired) electrons. The Hall–Kier alpha value is -1.70. The van der Waals surface area contributed by atoms with Crippen molar-refractivity contribution in [2.75, 3.05) is 44.3 Å². The van der Waals surface area contributed by atoms with Crippen LogP contribution in [0, 0.1) is 6.92 Å². The normalized spacial score (nSPS) is 15.0. The fraction of sp³-hybridized carbons (Fsp3) is 0.333. The van der Waals surface area contributed by atoms with Crippen LogP contribution in [0.3, 0.4) is 0 Å². The van der Waals surface area contributed by atoms with Gasteiger partial charge in [-0.1, -0.05) is 46.7 Å². The van der Waals surface area contributed by atoms with E-state index in [-0.39, 0.29) is 5.91 Å². The van der Waals surface area contributed by atoms with Crippen molar-refractivity contribution in [3.8, 4) is 0 Å². The number of hydrogen-bond donors (Lipinski definition) is 0. The minimum Gasteiger partial charge on any atom is -0.379 e. The Kier molecular flexibility index (Phi) is 6.37. The van der Waals surface area contributed by atoms with Crippen molar-refractivity contribution in [2.24, 2.45) is 0 Å². The Morgan fingerprint density at radius 1 is 1.24 bits per heavy atom. The predicted molar refractivity (Wildman–Crippen MR) is 120 cm³/mol. The first-order valence-electron chi connectivity index (χ1n) is 9.46. The molecule has 1 amide bonds. The van der Waals surface area contributed by atoms with E-state index in [1.54, 1.807) is 29.2 Å². The maximum atomic E-state index is 13.4. The van der Waals surface area contributed by atoms with Crippen LogP contribution >= 0.6 is 34.5 Å². The van der Waals surface area contributed by atoms with E-state index >= 15 is 0 Å². The van der Waals surface area contributed by atoms with E-state index in [0.29, 0.717) is 27.3 Å². The molecule has 1 aromatic heterocycles. The second-order valence-corrected chi connectivity index (χ2v) is 8.78. The first-order chi connectivity index (χ1) is 14.0. The molecule has 2 heterocycles. The largest absolute Gasteiger partial charge is 0.379 e. The number of aromatic nitrogens is 1. The number of carbonyl (C=O) groups is 1. The fourth-order valence-corrected chi connectivity index (χ4v) is 4.87. The standard InChI is InChI=1S/C21H21Cl2N3O2S/c1-14-5-6-17(23)19-18(14)24-21(29-19)26(8-7-25-9-11-28-12-10-25)20(27)15-3-2-4-16(22)13-15/h2-6,13H,7-12H2,1H3. The molecular weight excluding hydrogens is 429 g/mol. The summed E-state index contributed by atoms with van der Waals surface area (Å²) in [7, 11) is 0. The quantitative estimate of drug-likeness (QED) is 0.555. The lowest BCUT2D eigenvalue weighted by molar-refractivity contribution is 0.0391. The van der Waals surface area contributed by atoms with Crippen LogP contribution in [0.15, 0.2) is 36.4 Å². The number of amides is 1. The van der Waals surface area contributed by atoms with Crippen molar-refractivity contribution >= 4 is 55.8 Å². The third-order valence-corrected chi connectivity index (χ3v) is 6.75. The molecule has 29 heavy (non-hydrogen) atoms. The minimum absolute atomic E-state index is 0.117. The summed E-state index contributed by atoms with van der Waals surface area (Å²) in [5.41, 5.74) is 2.42. The molecule has 1 aliphatic heterocycles. The van der Waals surface area contributed by atoms with Gasteiger partial charge in [0.15, 0.2) is 5.13 Å².